The molecule has 0 aliphatic carbocycles. The lowest BCUT2D eigenvalue weighted by Crippen LogP contribution is -2.24. The summed E-state index contributed by atoms with van der Waals surface area (Å²) in [6, 6.07) is 6.72. The Morgan fingerprint density at radius 3 is 3.00 bits per heavy atom. The largest absolute Gasteiger partial charge is 0.321 e. The molecule has 0 spiro atoms. The Hall–Kier alpha value is -1.39. The van der Waals surface area contributed by atoms with Gasteiger partial charge in [0.25, 0.3) is 0 Å². The normalized spacial score (nSPS) is 14.3. The Morgan fingerprint density at radius 2 is 2.22 bits per heavy atom. The van der Waals surface area contributed by atoms with Crippen molar-refractivity contribution in [2.45, 2.75) is 19.9 Å². The van der Waals surface area contributed by atoms with Crippen LogP contribution in [0.15, 0.2) is 23.6 Å². The highest BCUT2D eigenvalue weighted by molar-refractivity contribution is 7.13. The quantitative estimate of drug-likeness (QED) is 0.899. The van der Waals surface area contributed by atoms with E-state index in [9.17, 15) is 0 Å². The lowest BCUT2D eigenvalue weighted by molar-refractivity contribution is 0.644. The molecule has 1 aliphatic rings. The minimum Gasteiger partial charge on any atom is -0.321 e. The number of aryl methyl sites for hydroxylation is 1. The SMILES string of the molecule is Cc1csc(N(C)c2ccc3c(c2)CNCC3)n1. The summed E-state index contributed by atoms with van der Waals surface area (Å²) in [5.74, 6) is 0. The molecule has 2 aromatic rings. The van der Waals surface area contributed by atoms with E-state index in [1.807, 2.05) is 6.92 Å². The number of fused-ring (bicyclic) bond motifs is 1. The van der Waals surface area contributed by atoms with E-state index in [-0.39, 0.29) is 0 Å². The van der Waals surface area contributed by atoms with Crippen LogP contribution in [0.5, 0.6) is 0 Å². The van der Waals surface area contributed by atoms with Gasteiger partial charge in [0, 0.05) is 24.7 Å². The van der Waals surface area contributed by atoms with Gasteiger partial charge in [0.2, 0.25) is 0 Å². The first-order valence-electron chi connectivity index (χ1n) is 6.22. The zero-order chi connectivity index (χ0) is 12.5. The lowest BCUT2D eigenvalue weighted by atomic mass is 10.0. The Kier molecular flexibility index (Phi) is 3.06. The molecule has 0 unspecified atom stereocenters. The van der Waals surface area contributed by atoms with Crippen molar-refractivity contribution in [1.82, 2.24) is 10.3 Å². The van der Waals surface area contributed by atoms with E-state index in [4.69, 9.17) is 0 Å². The fraction of sp³-hybridized carbons (Fsp3) is 0.357. The van der Waals surface area contributed by atoms with Crippen molar-refractivity contribution in [2.75, 3.05) is 18.5 Å². The molecule has 18 heavy (non-hydrogen) atoms. The van der Waals surface area contributed by atoms with Crippen LogP contribution in [0, 0.1) is 6.92 Å². The summed E-state index contributed by atoms with van der Waals surface area (Å²) in [5.41, 5.74) is 5.19. The first-order valence-corrected chi connectivity index (χ1v) is 7.10. The second-order valence-electron chi connectivity index (χ2n) is 4.71. The molecule has 1 aliphatic heterocycles. The Morgan fingerprint density at radius 1 is 1.33 bits per heavy atom. The fourth-order valence-electron chi connectivity index (χ4n) is 2.28. The number of thiazole rings is 1. The van der Waals surface area contributed by atoms with Crippen molar-refractivity contribution in [3.63, 3.8) is 0 Å². The van der Waals surface area contributed by atoms with Crippen LogP contribution in [0.2, 0.25) is 0 Å². The van der Waals surface area contributed by atoms with Gasteiger partial charge in [0.1, 0.15) is 0 Å². The van der Waals surface area contributed by atoms with Crippen LogP contribution < -0.4 is 10.2 Å². The van der Waals surface area contributed by atoms with Crippen molar-refractivity contribution in [3.8, 4) is 0 Å². The van der Waals surface area contributed by atoms with Crippen LogP contribution in [0.1, 0.15) is 16.8 Å². The topological polar surface area (TPSA) is 28.2 Å². The minimum atomic E-state index is 0.980. The number of nitrogens with one attached hydrogen (secondary N) is 1. The molecule has 1 aromatic heterocycles. The number of benzene rings is 1. The van der Waals surface area contributed by atoms with Crippen molar-refractivity contribution in [2.24, 2.45) is 0 Å². The third-order valence-corrected chi connectivity index (χ3v) is 4.39. The zero-order valence-electron chi connectivity index (χ0n) is 10.7. The average molecular weight is 259 g/mol. The smallest absolute Gasteiger partial charge is 0.189 e. The predicted molar refractivity (Wildman–Crippen MR) is 76.8 cm³/mol. The van der Waals surface area contributed by atoms with Crippen LogP contribution in [0.3, 0.4) is 0 Å². The van der Waals surface area contributed by atoms with Crippen LogP contribution >= 0.6 is 11.3 Å². The van der Waals surface area contributed by atoms with Gasteiger partial charge in [0.15, 0.2) is 5.13 Å². The molecule has 0 atom stereocenters. The van der Waals surface area contributed by atoms with E-state index in [0.29, 0.717) is 0 Å². The van der Waals surface area contributed by atoms with Crippen molar-refractivity contribution in [1.29, 1.82) is 0 Å². The van der Waals surface area contributed by atoms with Crippen molar-refractivity contribution in [3.05, 3.63) is 40.4 Å². The van der Waals surface area contributed by atoms with E-state index in [1.165, 1.54) is 16.8 Å². The van der Waals surface area contributed by atoms with E-state index in [0.717, 1.165) is 30.3 Å². The second-order valence-corrected chi connectivity index (χ2v) is 5.55. The Balaban J connectivity index is 1.92. The molecule has 3 rings (SSSR count). The monoisotopic (exact) mass is 259 g/mol. The first kappa shape index (κ1) is 11.7. The van der Waals surface area contributed by atoms with Gasteiger partial charge in [-0.25, -0.2) is 4.98 Å². The second kappa shape index (κ2) is 4.71. The van der Waals surface area contributed by atoms with Crippen LogP contribution in [0.4, 0.5) is 10.8 Å². The van der Waals surface area contributed by atoms with Crippen LogP contribution in [-0.2, 0) is 13.0 Å². The molecule has 0 fully saturated rings. The molecule has 94 valence electrons. The van der Waals surface area contributed by atoms with Gasteiger partial charge < -0.3 is 10.2 Å². The number of anilines is 2. The highest BCUT2D eigenvalue weighted by Gasteiger charge is 2.12. The molecule has 0 radical (unpaired) electrons. The van der Waals surface area contributed by atoms with Crippen LogP contribution in [0.25, 0.3) is 0 Å². The summed E-state index contributed by atoms with van der Waals surface area (Å²) in [6.45, 7) is 4.10. The molecule has 3 nitrogen and oxygen atoms in total. The third-order valence-electron chi connectivity index (χ3n) is 3.36. The summed E-state index contributed by atoms with van der Waals surface area (Å²) in [5, 5.41) is 6.56. The predicted octanol–water partition coefficient (Wildman–Crippen LogP) is 2.87. The van der Waals surface area contributed by atoms with Gasteiger partial charge in [-0.1, -0.05) is 6.07 Å². The van der Waals surface area contributed by atoms with Gasteiger partial charge in [-0.05, 0) is 43.1 Å². The summed E-state index contributed by atoms with van der Waals surface area (Å²) >= 11 is 1.69. The minimum absolute atomic E-state index is 0.980. The zero-order valence-corrected chi connectivity index (χ0v) is 11.5. The van der Waals surface area contributed by atoms with Gasteiger partial charge in [-0.3, -0.25) is 0 Å². The molecular weight excluding hydrogens is 242 g/mol. The number of hydrogen-bond donors (Lipinski definition) is 1. The number of aromatic nitrogens is 1. The number of nitrogens with zero attached hydrogens (tertiary/aromatic N) is 2. The molecule has 0 amide bonds. The Bertz CT molecular complexity index is 562. The molecule has 2 heterocycles. The van der Waals surface area contributed by atoms with Crippen LogP contribution in [-0.4, -0.2) is 18.6 Å². The lowest BCUT2D eigenvalue weighted by Gasteiger charge is -2.21. The number of hydrogen-bond acceptors (Lipinski definition) is 4. The van der Waals surface area contributed by atoms with Gasteiger partial charge >= 0.3 is 0 Å². The van der Waals surface area contributed by atoms with E-state index >= 15 is 0 Å². The van der Waals surface area contributed by atoms with Gasteiger partial charge in [0.05, 0.1) is 5.69 Å². The number of rotatable bonds is 2. The van der Waals surface area contributed by atoms with E-state index < -0.39 is 0 Å². The summed E-state index contributed by atoms with van der Waals surface area (Å²) in [4.78, 5) is 6.69. The summed E-state index contributed by atoms with van der Waals surface area (Å²) in [6.07, 6.45) is 1.13. The molecule has 1 N–H and O–H groups in total. The molecular formula is C14H17N3S. The maximum atomic E-state index is 4.53. The fourth-order valence-corrected chi connectivity index (χ4v) is 3.07. The third kappa shape index (κ3) is 2.13. The molecule has 4 heteroatoms. The van der Waals surface area contributed by atoms with Crippen molar-refractivity contribution >= 4 is 22.2 Å². The molecule has 0 bridgehead atoms. The van der Waals surface area contributed by atoms with E-state index in [1.54, 1.807) is 11.3 Å². The molecule has 0 saturated carbocycles. The standard InChI is InChI=1S/C14H17N3S/c1-10-9-18-14(16-10)17(2)13-4-3-11-5-6-15-8-12(11)7-13/h3-4,7,9,15H,5-6,8H2,1-2H3. The summed E-state index contributed by atoms with van der Waals surface area (Å²) in [7, 11) is 2.08. The first-order chi connectivity index (χ1) is 8.74. The highest BCUT2D eigenvalue weighted by atomic mass is 32.1. The Labute approximate surface area is 111 Å². The van der Waals surface area contributed by atoms with Gasteiger partial charge in [-0.2, -0.15) is 0 Å². The maximum Gasteiger partial charge on any atom is 0.189 e. The summed E-state index contributed by atoms with van der Waals surface area (Å²) < 4.78 is 0. The van der Waals surface area contributed by atoms with E-state index in [2.05, 4.69) is 45.8 Å². The highest BCUT2D eigenvalue weighted by Crippen LogP contribution is 2.29. The molecule has 0 saturated heterocycles. The van der Waals surface area contributed by atoms with Gasteiger partial charge in [-0.15, -0.1) is 11.3 Å². The maximum absolute atomic E-state index is 4.53. The molecule has 1 aromatic carbocycles. The van der Waals surface area contributed by atoms with Crippen molar-refractivity contribution < 1.29 is 0 Å². The average Bonchev–Trinajstić information content (AvgIpc) is 2.84.